The van der Waals surface area contributed by atoms with Crippen molar-refractivity contribution in [1.82, 2.24) is 24.7 Å². The van der Waals surface area contributed by atoms with Crippen molar-refractivity contribution in [1.29, 1.82) is 0 Å². The van der Waals surface area contributed by atoms with Crippen molar-refractivity contribution in [2.45, 2.75) is 129 Å². The average molecular weight is 1190 g/mol. The van der Waals surface area contributed by atoms with Gasteiger partial charge in [0.25, 0.3) is 0 Å². The molecule has 7 heterocycles. The van der Waals surface area contributed by atoms with Gasteiger partial charge in [0.05, 0.1) is 61.8 Å². The van der Waals surface area contributed by atoms with Crippen molar-refractivity contribution in [3.8, 4) is 0 Å². The third kappa shape index (κ3) is 14.2. The van der Waals surface area contributed by atoms with Crippen LogP contribution in [0.1, 0.15) is 110 Å². The van der Waals surface area contributed by atoms with Gasteiger partial charge in [-0.2, -0.15) is 26.3 Å². The maximum absolute atomic E-state index is 13.6. The first kappa shape index (κ1) is 60.2. The lowest BCUT2D eigenvalue weighted by Gasteiger charge is -2.38. The van der Waals surface area contributed by atoms with E-state index in [4.69, 9.17) is 28.7 Å². The molecule has 0 saturated carbocycles. The number of benzene rings is 2. The molecule has 5 saturated heterocycles. The first-order chi connectivity index (χ1) is 38.1. The topological polar surface area (TPSA) is 143 Å². The van der Waals surface area contributed by atoms with Gasteiger partial charge in [0.1, 0.15) is 23.8 Å². The molecule has 0 N–H and O–H groups in total. The summed E-state index contributed by atoms with van der Waals surface area (Å²) in [6, 6.07) is 11.1. The quantitative estimate of drug-likeness (QED) is 0.0633. The first-order valence-electron chi connectivity index (χ1n) is 27.2. The number of hydrogen-bond donors (Lipinski definition) is 0. The van der Waals surface area contributed by atoms with Crippen LogP contribution in [0.25, 0.3) is 0 Å². The summed E-state index contributed by atoms with van der Waals surface area (Å²) < 4.78 is 109. The number of alkyl halides is 6. The van der Waals surface area contributed by atoms with Crippen LogP contribution >= 0.6 is 15.9 Å². The lowest BCUT2D eigenvalue weighted by molar-refractivity contribution is -0.142. The molecule has 5 fully saturated rings. The highest BCUT2D eigenvalue weighted by molar-refractivity contribution is 9.10. The summed E-state index contributed by atoms with van der Waals surface area (Å²) in [6.45, 7) is 18.5. The Balaban J connectivity index is 0.000000217. The minimum absolute atomic E-state index is 0.187. The molecule has 0 radical (unpaired) electrons. The van der Waals surface area contributed by atoms with E-state index < -0.39 is 60.0 Å². The molecule has 5 aliphatic rings. The zero-order valence-corrected chi connectivity index (χ0v) is 47.8. The minimum atomic E-state index is -4.51. The molecule has 9 rings (SSSR count). The average Bonchev–Trinajstić information content (AvgIpc) is 3.92. The van der Waals surface area contributed by atoms with Gasteiger partial charge in [-0.25, -0.2) is 19.6 Å². The Morgan fingerprint density at radius 1 is 0.662 bits per heavy atom. The Morgan fingerprint density at radius 2 is 1.10 bits per heavy atom. The van der Waals surface area contributed by atoms with Gasteiger partial charge in [0, 0.05) is 99.6 Å². The number of anilines is 3. The van der Waals surface area contributed by atoms with Crippen LogP contribution in [0.3, 0.4) is 0 Å². The third-order valence-electron chi connectivity index (χ3n) is 15.6. The van der Waals surface area contributed by atoms with Crippen LogP contribution in [0.5, 0.6) is 0 Å². The lowest BCUT2D eigenvalue weighted by atomic mass is 9.98. The van der Waals surface area contributed by atoms with E-state index in [2.05, 4.69) is 55.5 Å². The molecule has 16 nitrogen and oxygen atoms in total. The summed E-state index contributed by atoms with van der Waals surface area (Å²) in [5.74, 6) is 1.30. The van der Waals surface area contributed by atoms with E-state index in [0.29, 0.717) is 81.4 Å². The highest BCUT2D eigenvalue weighted by Gasteiger charge is 2.44. The minimum Gasteiger partial charge on any atom is -0.468 e. The van der Waals surface area contributed by atoms with Gasteiger partial charge < -0.3 is 38.4 Å². The molecular formula is C57H71BrF6N8O8. The fraction of sp³-hybridized carbons (Fsp3) is 0.561. The number of rotatable bonds is 15. The van der Waals surface area contributed by atoms with Crippen LogP contribution in [0.2, 0.25) is 0 Å². The Labute approximate surface area is 471 Å². The lowest BCUT2D eigenvalue weighted by Crippen LogP contribution is -2.48. The van der Waals surface area contributed by atoms with Crippen molar-refractivity contribution < 1.29 is 64.4 Å². The number of amides is 2. The van der Waals surface area contributed by atoms with Crippen molar-refractivity contribution in [2.24, 2.45) is 0 Å². The number of pyridine rings is 2. The molecule has 4 aromatic rings. The van der Waals surface area contributed by atoms with Gasteiger partial charge in [-0.05, 0) is 131 Å². The number of piperazine rings is 1. The molecule has 0 spiro atoms. The molecular weight excluding hydrogens is 1120 g/mol. The molecule has 0 aliphatic carbocycles. The van der Waals surface area contributed by atoms with Crippen molar-refractivity contribution in [3.05, 3.63) is 110 Å². The molecule has 2 aromatic carbocycles. The van der Waals surface area contributed by atoms with Crippen molar-refractivity contribution >= 4 is 51.4 Å². The van der Waals surface area contributed by atoms with Crippen LogP contribution < -0.4 is 14.7 Å². The largest absolute Gasteiger partial charge is 0.468 e. The van der Waals surface area contributed by atoms with Gasteiger partial charge in [0.15, 0.2) is 0 Å². The molecule has 2 amide bonds. The molecule has 23 heteroatoms. The van der Waals surface area contributed by atoms with E-state index in [0.717, 1.165) is 89.4 Å². The Kier molecular flexibility index (Phi) is 19.5. The smallest absolute Gasteiger partial charge is 0.416 e. The Morgan fingerprint density at radius 3 is 1.52 bits per heavy atom. The number of hydrogen-bond acceptors (Lipinski definition) is 14. The second kappa shape index (κ2) is 25.9. The fourth-order valence-electron chi connectivity index (χ4n) is 11.4. The predicted octanol–water partition coefficient (Wildman–Crippen LogP) is 11.0. The monoisotopic (exact) mass is 1190 g/mol. The van der Waals surface area contributed by atoms with Gasteiger partial charge in [-0.3, -0.25) is 19.5 Å². The van der Waals surface area contributed by atoms with Gasteiger partial charge in [-0.15, -0.1) is 0 Å². The number of cyclic esters (lactones) is 2. The summed E-state index contributed by atoms with van der Waals surface area (Å²) in [6.07, 6.45) is -4.67. The number of nitrogens with zero attached hydrogens (tertiary/aromatic N) is 8. The second-order valence-electron chi connectivity index (χ2n) is 21.0. The number of carbonyl (C=O) groups is 3. The molecule has 436 valence electrons. The number of ether oxygens (including phenoxy) is 5. The van der Waals surface area contributed by atoms with Crippen LogP contribution in [0, 0.1) is 13.8 Å². The number of carbonyl (C=O) groups excluding carboxylic acids is 3. The zero-order chi connectivity index (χ0) is 57.6. The normalized spacial score (nSPS) is 21.5. The van der Waals surface area contributed by atoms with Crippen LogP contribution in [0.15, 0.2) is 65.4 Å². The molecule has 2 aromatic heterocycles. The first-order valence-corrected chi connectivity index (χ1v) is 28.0. The van der Waals surface area contributed by atoms with E-state index >= 15 is 0 Å². The summed E-state index contributed by atoms with van der Waals surface area (Å²) in [4.78, 5) is 59.5. The van der Waals surface area contributed by atoms with Crippen LogP contribution in [0.4, 0.5) is 53.3 Å². The number of esters is 1. The Bertz CT molecular complexity index is 2810. The Hall–Kier alpha value is -5.91. The van der Waals surface area contributed by atoms with E-state index in [1.54, 1.807) is 55.8 Å². The molecule has 0 bridgehead atoms. The fourth-order valence-corrected chi connectivity index (χ4v) is 11.8. The summed E-state index contributed by atoms with van der Waals surface area (Å²) in [7, 11) is 1.38. The second-order valence-corrected chi connectivity index (χ2v) is 21.9. The van der Waals surface area contributed by atoms with Gasteiger partial charge in [-0.1, -0.05) is 23.3 Å². The van der Waals surface area contributed by atoms with E-state index in [-0.39, 0.29) is 37.7 Å². The zero-order valence-electron chi connectivity index (χ0n) is 46.2. The number of aryl methyl sites for hydroxylation is 2. The molecule has 5 aliphatic heterocycles. The number of halogens is 7. The summed E-state index contributed by atoms with van der Waals surface area (Å²) >= 11 is 3.48. The maximum atomic E-state index is 13.6. The standard InChI is InChI=1S/C32H42F3N5O5.C25H29BrF3N3O3/c1-5-39(26-6-12-44-13-7-26)30-24(17-27(18-36-30)38-10-8-37(9-11-38)20-28(41)43-4)19-40-22(3)29(45-31(40)42)23-14-21(2)15-25(16-23)32(33,34)35;1-4-31(21-5-7-34-8-6-21)23-18(12-20(26)13-30-23)14-32-16(3)22(35-24(32)33)17-9-15(2)10-19(11-17)25(27,28)29/h14-18,22,26,29H,5-13,19-20H2,1-4H3;9-13,16,21-22H,4-8,14H2,1-3H3/t22-,29-;16-,22-/m00/s1. The highest BCUT2D eigenvalue weighted by atomic mass is 79.9. The van der Waals surface area contributed by atoms with Crippen molar-refractivity contribution in [2.75, 3.05) is 94.1 Å². The van der Waals surface area contributed by atoms with Crippen molar-refractivity contribution in [3.63, 3.8) is 0 Å². The summed E-state index contributed by atoms with van der Waals surface area (Å²) in [5.41, 5.74) is 2.64. The van der Waals surface area contributed by atoms with Gasteiger partial charge >= 0.3 is 30.5 Å². The van der Waals surface area contributed by atoms with E-state index in [1.807, 2.05) is 17.2 Å². The maximum Gasteiger partial charge on any atom is 0.416 e. The predicted molar refractivity (Wildman–Crippen MR) is 291 cm³/mol. The van der Waals surface area contributed by atoms with E-state index in [9.17, 15) is 40.7 Å². The highest BCUT2D eigenvalue weighted by Crippen LogP contribution is 2.41. The summed E-state index contributed by atoms with van der Waals surface area (Å²) in [5, 5.41) is 0. The number of methoxy groups -OCH3 is 1. The molecule has 4 atom stereocenters. The third-order valence-corrected chi connectivity index (χ3v) is 16.1. The van der Waals surface area contributed by atoms with Gasteiger partial charge in [0.2, 0.25) is 0 Å². The van der Waals surface area contributed by atoms with Crippen LogP contribution in [-0.4, -0.2) is 146 Å². The van der Waals surface area contributed by atoms with Crippen LogP contribution in [-0.2, 0) is 53.9 Å². The van der Waals surface area contributed by atoms with E-state index in [1.165, 1.54) is 7.11 Å². The number of aromatic nitrogens is 2. The molecule has 0 unspecified atom stereocenters. The SMILES string of the molecule is CCN(c1ncc(Br)cc1CN1C(=O)O[C@H](c2cc(C)cc(C(F)(F)F)c2)[C@@H]1C)C1CCOCC1.CCN(c1ncc(N2CCN(CC(=O)OC)CC2)cc1CN1C(=O)O[C@H](c2cc(C)cc(C(F)(F)F)c2)[C@@H]1C)C1CCOCC1. The molecule has 80 heavy (non-hydrogen) atoms.